The SMILES string of the molecule is CNCCCCNC(=O)c1cn2c3c(c(NCCCN4CCN(C)CC4)c(F)cc3c1=O)Oc1cc3c(cc1-2)CCC=C3. The molecule has 3 aliphatic rings. The second-order valence-corrected chi connectivity index (χ2v) is 11.8. The van der Waals surface area contributed by atoms with Gasteiger partial charge in [0.2, 0.25) is 5.43 Å². The minimum Gasteiger partial charge on any atom is -0.451 e. The normalized spacial score (nSPS) is 16.1. The smallest absolute Gasteiger partial charge is 0.256 e. The van der Waals surface area contributed by atoms with Crippen molar-refractivity contribution in [1.82, 2.24) is 25.0 Å². The maximum atomic E-state index is 15.8. The van der Waals surface area contributed by atoms with Crippen LogP contribution in [0, 0.1) is 5.82 Å². The van der Waals surface area contributed by atoms with Crippen LogP contribution in [-0.4, -0.2) is 86.7 Å². The number of anilines is 1. The molecule has 3 N–H and O–H groups in total. The summed E-state index contributed by atoms with van der Waals surface area (Å²) in [5, 5.41) is 9.37. The number of nitrogens with zero attached hydrogens (tertiary/aromatic N) is 3. The highest BCUT2D eigenvalue weighted by molar-refractivity contribution is 6.01. The predicted molar refractivity (Wildman–Crippen MR) is 169 cm³/mol. The Hall–Kier alpha value is -3.73. The largest absolute Gasteiger partial charge is 0.451 e. The van der Waals surface area contributed by atoms with Gasteiger partial charge in [0.1, 0.15) is 16.8 Å². The molecule has 0 spiro atoms. The summed E-state index contributed by atoms with van der Waals surface area (Å²) in [5.41, 5.74) is 3.15. The second-order valence-electron chi connectivity index (χ2n) is 11.8. The number of amides is 1. The lowest BCUT2D eigenvalue weighted by molar-refractivity contribution is 0.0951. The van der Waals surface area contributed by atoms with E-state index in [0.29, 0.717) is 24.4 Å². The fourth-order valence-corrected chi connectivity index (χ4v) is 6.18. The van der Waals surface area contributed by atoms with Gasteiger partial charge < -0.3 is 35.1 Å². The third-order valence-electron chi connectivity index (χ3n) is 8.70. The van der Waals surface area contributed by atoms with Crippen LogP contribution in [0.4, 0.5) is 10.1 Å². The van der Waals surface area contributed by atoms with Crippen molar-refractivity contribution in [1.29, 1.82) is 0 Å². The summed E-state index contributed by atoms with van der Waals surface area (Å²) < 4.78 is 24.1. The topological polar surface area (TPSA) is 90.9 Å². The summed E-state index contributed by atoms with van der Waals surface area (Å²) in [5.74, 6) is -0.191. The number of ether oxygens (including phenoxy) is 1. The van der Waals surface area contributed by atoms with Crippen LogP contribution in [-0.2, 0) is 6.42 Å². The number of hydrogen-bond acceptors (Lipinski definition) is 7. The van der Waals surface area contributed by atoms with E-state index in [0.717, 1.165) is 82.6 Å². The molecule has 0 atom stereocenters. The van der Waals surface area contributed by atoms with E-state index >= 15 is 4.39 Å². The molecule has 3 aromatic rings. The van der Waals surface area contributed by atoms with E-state index in [-0.39, 0.29) is 22.4 Å². The number of aromatic nitrogens is 1. The molecule has 0 saturated carbocycles. The zero-order valence-corrected chi connectivity index (χ0v) is 25.1. The average molecular weight is 589 g/mol. The molecule has 9 nitrogen and oxygen atoms in total. The summed E-state index contributed by atoms with van der Waals surface area (Å²) in [4.78, 5) is 31.7. The van der Waals surface area contributed by atoms with Crippen molar-refractivity contribution in [2.24, 2.45) is 0 Å². The maximum Gasteiger partial charge on any atom is 0.256 e. The van der Waals surface area contributed by atoms with Gasteiger partial charge in [0.25, 0.3) is 5.91 Å². The van der Waals surface area contributed by atoms with Crippen LogP contribution in [0.5, 0.6) is 11.5 Å². The van der Waals surface area contributed by atoms with Gasteiger partial charge in [-0.25, -0.2) is 4.39 Å². The fraction of sp³-hybridized carbons (Fsp3) is 0.455. The number of unbranched alkanes of at least 4 members (excludes halogenated alkanes) is 1. The molecule has 1 aliphatic carbocycles. The summed E-state index contributed by atoms with van der Waals surface area (Å²) in [6.07, 6.45) is 10.2. The third kappa shape index (κ3) is 6.04. The molecule has 2 aromatic carbocycles. The first-order chi connectivity index (χ1) is 20.9. The van der Waals surface area contributed by atoms with Crippen LogP contribution < -0.4 is 26.1 Å². The number of allylic oxidation sites excluding steroid dienone is 1. The van der Waals surface area contributed by atoms with Crippen LogP contribution >= 0.6 is 0 Å². The summed E-state index contributed by atoms with van der Waals surface area (Å²) in [7, 11) is 4.02. The van der Waals surface area contributed by atoms with Crippen LogP contribution in [0.1, 0.15) is 47.2 Å². The van der Waals surface area contributed by atoms with Gasteiger partial charge in [-0.05, 0) is 88.6 Å². The van der Waals surface area contributed by atoms with Crippen LogP contribution in [0.15, 0.2) is 35.3 Å². The zero-order valence-electron chi connectivity index (χ0n) is 25.1. The number of rotatable bonds is 11. The molecule has 10 heteroatoms. The molecule has 1 saturated heterocycles. The number of nitrogens with one attached hydrogen (secondary N) is 3. The van der Waals surface area contributed by atoms with Crippen LogP contribution in [0.2, 0.25) is 0 Å². The second kappa shape index (κ2) is 12.9. The van der Waals surface area contributed by atoms with Crippen molar-refractivity contribution in [2.75, 3.05) is 71.8 Å². The van der Waals surface area contributed by atoms with Gasteiger partial charge in [-0.15, -0.1) is 0 Å². The van der Waals surface area contributed by atoms with Crippen molar-refractivity contribution < 1.29 is 13.9 Å². The van der Waals surface area contributed by atoms with Crippen LogP contribution in [0.25, 0.3) is 22.7 Å². The first kappa shape index (κ1) is 29.3. The van der Waals surface area contributed by atoms with Gasteiger partial charge in [0.05, 0.1) is 11.1 Å². The number of benzene rings is 2. The van der Waals surface area contributed by atoms with Gasteiger partial charge in [0.15, 0.2) is 17.3 Å². The molecule has 3 heterocycles. The summed E-state index contributed by atoms with van der Waals surface area (Å²) in [6.45, 7) is 6.95. The average Bonchev–Trinajstić information content (AvgIpc) is 3.01. The number of halogens is 1. The molecule has 2 aliphatic heterocycles. The van der Waals surface area contributed by atoms with Gasteiger partial charge >= 0.3 is 0 Å². The number of aryl methyl sites for hydroxylation is 1. The van der Waals surface area contributed by atoms with E-state index in [1.54, 1.807) is 6.20 Å². The lowest BCUT2D eigenvalue weighted by Crippen LogP contribution is -2.44. The quantitative estimate of drug-likeness (QED) is 0.229. The Bertz CT molecular complexity index is 1610. The molecular formula is C33H41FN6O3. The highest BCUT2D eigenvalue weighted by Gasteiger charge is 2.29. The Morgan fingerprint density at radius 2 is 1.86 bits per heavy atom. The van der Waals surface area contributed by atoms with Gasteiger partial charge in [-0.2, -0.15) is 0 Å². The van der Waals surface area contributed by atoms with E-state index < -0.39 is 17.2 Å². The Labute approximate surface area is 251 Å². The number of carbonyl (C=O) groups is 1. The molecule has 0 unspecified atom stereocenters. The van der Waals surface area contributed by atoms with Gasteiger partial charge in [-0.3, -0.25) is 9.59 Å². The van der Waals surface area contributed by atoms with Gasteiger partial charge in [0, 0.05) is 45.5 Å². The van der Waals surface area contributed by atoms with Crippen molar-refractivity contribution in [3.8, 4) is 17.2 Å². The first-order valence-corrected chi connectivity index (χ1v) is 15.5. The number of piperazine rings is 1. The molecule has 0 radical (unpaired) electrons. The Morgan fingerprint density at radius 1 is 1.05 bits per heavy atom. The molecule has 0 bridgehead atoms. The Kier molecular flexibility index (Phi) is 8.78. The third-order valence-corrected chi connectivity index (χ3v) is 8.70. The van der Waals surface area contributed by atoms with Gasteiger partial charge in [-0.1, -0.05) is 12.2 Å². The van der Waals surface area contributed by atoms with E-state index in [1.807, 2.05) is 17.7 Å². The molecule has 43 heavy (non-hydrogen) atoms. The zero-order chi connectivity index (χ0) is 29.9. The lowest BCUT2D eigenvalue weighted by atomic mass is 9.95. The highest BCUT2D eigenvalue weighted by Crippen LogP contribution is 2.46. The monoisotopic (exact) mass is 588 g/mol. The highest BCUT2D eigenvalue weighted by atomic mass is 19.1. The maximum absolute atomic E-state index is 15.8. The van der Waals surface area contributed by atoms with Crippen molar-refractivity contribution in [3.05, 3.63) is 63.2 Å². The number of fused-ring (bicyclic) bond motifs is 3. The molecule has 1 fully saturated rings. The first-order valence-electron chi connectivity index (χ1n) is 15.5. The minimum absolute atomic E-state index is 0.00943. The van der Waals surface area contributed by atoms with Crippen molar-refractivity contribution in [3.63, 3.8) is 0 Å². The molecule has 1 amide bonds. The standard InChI is InChI=1S/C33H41FN6O3/c1-35-10-5-6-11-37-33(42)25-21-40-27-18-22-8-3-4-9-23(22)19-28(27)43-32-29(26(34)20-24(30(32)40)31(25)41)36-12-7-13-39-16-14-38(2)15-17-39/h4,9,18-21,35-36H,3,5-8,10-17H2,1-2H3,(H,37,42). The molecular weight excluding hydrogens is 547 g/mol. The summed E-state index contributed by atoms with van der Waals surface area (Å²) in [6, 6.07) is 5.28. The predicted octanol–water partition coefficient (Wildman–Crippen LogP) is 3.97. The number of hydrogen-bond donors (Lipinski definition) is 3. The van der Waals surface area contributed by atoms with E-state index in [1.165, 1.54) is 11.6 Å². The number of likely N-dealkylation sites (N-methyl/N-ethyl adjacent to an activating group) is 1. The molecule has 1 aromatic heterocycles. The van der Waals surface area contributed by atoms with Crippen molar-refractivity contribution >= 4 is 28.6 Å². The van der Waals surface area contributed by atoms with E-state index in [4.69, 9.17) is 4.74 Å². The number of pyridine rings is 1. The summed E-state index contributed by atoms with van der Waals surface area (Å²) >= 11 is 0. The van der Waals surface area contributed by atoms with E-state index in [2.05, 4.69) is 51.0 Å². The van der Waals surface area contributed by atoms with Crippen LogP contribution in [0.3, 0.4) is 0 Å². The fourth-order valence-electron chi connectivity index (χ4n) is 6.18. The molecule has 228 valence electrons. The molecule has 6 rings (SSSR count). The Morgan fingerprint density at radius 3 is 2.67 bits per heavy atom. The Balaban J connectivity index is 1.35. The minimum atomic E-state index is -0.573. The lowest BCUT2D eigenvalue weighted by Gasteiger charge is -2.32. The van der Waals surface area contributed by atoms with Crippen molar-refractivity contribution in [2.45, 2.75) is 32.1 Å². The van der Waals surface area contributed by atoms with E-state index in [9.17, 15) is 9.59 Å². The number of carbonyl (C=O) groups excluding carboxylic acids is 1.